The van der Waals surface area contributed by atoms with Crippen LogP contribution in [-0.2, 0) is 39.1 Å². The number of carbonyl (C=O) groups is 4. The Bertz CT molecular complexity index is 1320. The number of nitrogens with two attached hydrogens (primary N) is 3. The van der Waals surface area contributed by atoms with Gasteiger partial charge in [-0.05, 0) is 56.4 Å². The topological polar surface area (TPSA) is 259 Å². The van der Waals surface area contributed by atoms with Crippen molar-refractivity contribution in [1.29, 1.82) is 5.41 Å². The number of amides is 3. The molecule has 0 saturated heterocycles. The van der Waals surface area contributed by atoms with E-state index in [4.69, 9.17) is 34.8 Å². The number of carboxylic acid groups (broad SMARTS) is 1. The number of imidazole rings is 1. The second kappa shape index (κ2) is 18.4. The molecular weight excluding hydrogens is 588 g/mol. The smallest absolute Gasteiger partial charge is 0.326 e. The number of carbonyl (C=O) groups excluding carboxylic acids is 3. The van der Waals surface area contributed by atoms with Crippen molar-refractivity contribution in [3.05, 3.63) is 52.6 Å². The van der Waals surface area contributed by atoms with Crippen molar-refractivity contribution >= 4 is 41.9 Å². The average molecular weight is 633 g/mol. The summed E-state index contributed by atoms with van der Waals surface area (Å²) in [5, 5.41) is 27.6. The van der Waals surface area contributed by atoms with E-state index in [1.165, 1.54) is 0 Å². The fourth-order valence-electron chi connectivity index (χ4n) is 4.39. The van der Waals surface area contributed by atoms with Crippen LogP contribution < -0.4 is 38.5 Å². The number of guanidine groups is 1. The third kappa shape index (κ3) is 12.1. The predicted molar refractivity (Wildman–Crippen MR) is 168 cm³/mol. The van der Waals surface area contributed by atoms with Crippen LogP contribution in [0.4, 0.5) is 0 Å². The van der Waals surface area contributed by atoms with Crippen LogP contribution in [-0.4, -0.2) is 81.6 Å². The Hall–Kier alpha value is -4.28. The van der Waals surface area contributed by atoms with E-state index in [0.29, 0.717) is 42.8 Å². The maximum absolute atomic E-state index is 13.6. The van der Waals surface area contributed by atoms with Gasteiger partial charge in [-0.25, -0.2) is 4.79 Å². The number of aromatic amines is 1. The molecular formula is C28H44N10O5S. The highest BCUT2D eigenvalue weighted by molar-refractivity contribution is 7.71. The molecule has 0 bridgehead atoms. The predicted octanol–water partition coefficient (Wildman–Crippen LogP) is -0.874. The number of nitrogens with one attached hydrogen (secondary N) is 6. The quantitative estimate of drug-likeness (QED) is 0.0396. The molecule has 16 heteroatoms. The minimum absolute atomic E-state index is 0.0305. The molecule has 0 fully saturated rings. The van der Waals surface area contributed by atoms with Crippen molar-refractivity contribution in [2.24, 2.45) is 24.2 Å². The minimum Gasteiger partial charge on any atom is -0.480 e. The van der Waals surface area contributed by atoms with Gasteiger partial charge in [0.1, 0.15) is 18.1 Å². The number of nitrogens with zero attached hydrogens (tertiary/aromatic N) is 1. The first kappa shape index (κ1) is 35.9. The van der Waals surface area contributed by atoms with Gasteiger partial charge in [-0.1, -0.05) is 30.3 Å². The van der Waals surface area contributed by atoms with Crippen LogP contribution in [0.5, 0.6) is 0 Å². The van der Waals surface area contributed by atoms with Crippen LogP contribution >= 0.6 is 12.2 Å². The van der Waals surface area contributed by atoms with Gasteiger partial charge < -0.3 is 53.1 Å². The Morgan fingerprint density at radius 3 is 2.18 bits per heavy atom. The molecule has 2 rings (SSSR count). The van der Waals surface area contributed by atoms with Crippen LogP contribution in [0.15, 0.2) is 36.5 Å². The van der Waals surface area contributed by atoms with E-state index in [-0.39, 0.29) is 31.6 Å². The van der Waals surface area contributed by atoms with Gasteiger partial charge in [-0.3, -0.25) is 19.8 Å². The molecule has 0 saturated carbocycles. The van der Waals surface area contributed by atoms with Crippen molar-refractivity contribution < 1.29 is 24.3 Å². The maximum atomic E-state index is 13.6. The number of aromatic nitrogens is 2. The summed E-state index contributed by atoms with van der Waals surface area (Å²) in [6.07, 6.45) is 3.69. The Morgan fingerprint density at radius 1 is 0.955 bits per heavy atom. The number of carboxylic acids is 1. The van der Waals surface area contributed by atoms with Crippen LogP contribution in [0, 0.1) is 10.2 Å². The van der Waals surface area contributed by atoms with Gasteiger partial charge >= 0.3 is 5.97 Å². The van der Waals surface area contributed by atoms with E-state index in [1.807, 2.05) is 0 Å². The fraction of sp³-hybridized carbons (Fsp3) is 0.500. The lowest BCUT2D eigenvalue weighted by molar-refractivity contribution is -0.142. The molecule has 13 N–H and O–H groups in total. The van der Waals surface area contributed by atoms with Gasteiger partial charge in [0.05, 0.1) is 6.04 Å². The van der Waals surface area contributed by atoms with Crippen molar-refractivity contribution in [1.82, 2.24) is 30.8 Å². The first-order chi connectivity index (χ1) is 20.9. The molecule has 2 aromatic rings. The molecule has 15 nitrogen and oxygen atoms in total. The lowest BCUT2D eigenvalue weighted by Crippen LogP contribution is -2.57. The van der Waals surface area contributed by atoms with Crippen LogP contribution in [0.25, 0.3) is 0 Å². The van der Waals surface area contributed by atoms with Crippen LogP contribution in [0.2, 0.25) is 0 Å². The van der Waals surface area contributed by atoms with E-state index in [0.717, 1.165) is 5.56 Å². The normalized spacial score (nSPS) is 13.6. The molecule has 3 amide bonds. The molecule has 1 aromatic heterocycles. The Balaban J connectivity index is 2.22. The Kier molecular flexibility index (Phi) is 15.0. The van der Waals surface area contributed by atoms with Gasteiger partial charge in [0, 0.05) is 38.3 Å². The third-order valence-corrected chi connectivity index (χ3v) is 7.36. The molecule has 1 aromatic carbocycles. The molecule has 0 aliphatic heterocycles. The van der Waals surface area contributed by atoms with E-state index >= 15 is 0 Å². The first-order valence-electron chi connectivity index (χ1n) is 14.4. The van der Waals surface area contributed by atoms with Crippen LogP contribution in [0.3, 0.4) is 0 Å². The zero-order valence-corrected chi connectivity index (χ0v) is 25.6. The van der Waals surface area contributed by atoms with E-state index < -0.39 is 47.9 Å². The number of aliphatic carboxylic acids is 1. The highest BCUT2D eigenvalue weighted by Crippen LogP contribution is 2.09. The van der Waals surface area contributed by atoms with Crippen molar-refractivity contribution in [2.75, 3.05) is 13.1 Å². The van der Waals surface area contributed by atoms with Gasteiger partial charge in [0.15, 0.2) is 10.7 Å². The number of H-pyrrole nitrogens is 1. The monoisotopic (exact) mass is 632 g/mol. The largest absolute Gasteiger partial charge is 0.480 e. The zero-order chi connectivity index (χ0) is 32.6. The summed E-state index contributed by atoms with van der Waals surface area (Å²) in [4.78, 5) is 54.9. The summed E-state index contributed by atoms with van der Waals surface area (Å²) in [6.45, 7) is 0.724. The van der Waals surface area contributed by atoms with Crippen molar-refractivity contribution in [2.45, 2.75) is 69.1 Å². The summed E-state index contributed by atoms with van der Waals surface area (Å²) in [6, 6.07) is 4.46. The number of benzene rings is 1. The molecule has 1 heterocycles. The number of unbranched alkanes of at least 4 members (excludes halogenated alkanes) is 1. The van der Waals surface area contributed by atoms with Gasteiger partial charge in [-0.2, -0.15) is 0 Å². The molecule has 242 valence electrons. The van der Waals surface area contributed by atoms with Crippen molar-refractivity contribution in [3.8, 4) is 0 Å². The van der Waals surface area contributed by atoms with Crippen LogP contribution in [0.1, 0.15) is 43.4 Å². The number of rotatable bonds is 19. The highest BCUT2D eigenvalue weighted by atomic mass is 32.1. The molecule has 4 unspecified atom stereocenters. The highest BCUT2D eigenvalue weighted by Gasteiger charge is 2.31. The maximum Gasteiger partial charge on any atom is 0.326 e. The third-order valence-electron chi connectivity index (χ3n) is 6.97. The second-order valence-corrected chi connectivity index (χ2v) is 10.8. The van der Waals surface area contributed by atoms with Gasteiger partial charge in [0.25, 0.3) is 0 Å². The Labute approximate surface area is 261 Å². The SMILES string of the molecule is Cn1c(CC(NC(=O)C(N)CCCNC(=N)N)C(=O)NC(CCCCN)C(=O)NC(Cc2ccccc2)C(=O)O)c[nH]c1=S. The lowest BCUT2D eigenvalue weighted by atomic mass is 10.0. The van der Waals surface area contributed by atoms with Gasteiger partial charge in [-0.15, -0.1) is 0 Å². The summed E-state index contributed by atoms with van der Waals surface area (Å²) < 4.78 is 2.07. The fourth-order valence-corrected chi connectivity index (χ4v) is 4.57. The van der Waals surface area contributed by atoms with E-state index in [1.54, 1.807) is 48.1 Å². The molecule has 0 aliphatic rings. The van der Waals surface area contributed by atoms with Crippen molar-refractivity contribution in [3.63, 3.8) is 0 Å². The Morgan fingerprint density at radius 2 is 1.59 bits per heavy atom. The zero-order valence-electron chi connectivity index (χ0n) is 24.8. The lowest BCUT2D eigenvalue weighted by Gasteiger charge is -2.25. The number of hydrogen-bond acceptors (Lipinski definition) is 8. The molecule has 4 atom stereocenters. The first-order valence-corrected chi connectivity index (χ1v) is 14.8. The summed E-state index contributed by atoms with van der Waals surface area (Å²) >= 11 is 5.23. The molecule has 44 heavy (non-hydrogen) atoms. The summed E-state index contributed by atoms with van der Waals surface area (Å²) in [7, 11) is 1.71. The van der Waals surface area contributed by atoms with E-state index in [2.05, 4.69) is 26.3 Å². The number of hydrogen-bond donors (Lipinski definition) is 10. The minimum atomic E-state index is -1.23. The summed E-state index contributed by atoms with van der Waals surface area (Å²) in [5.41, 5.74) is 18.3. The van der Waals surface area contributed by atoms with Gasteiger partial charge in [0.2, 0.25) is 17.7 Å². The summed E-state index contributed by atoms with van der Waals surface area (Å²) in [5.74, 6) is -3.31. The molecule has 0 spiro atoms. The van der Waals surface area contributed by atoms with E-state index in [9.17, 15) is 24.3 Å². The molecule has 0 radical (unpaired) electrons. The second-order valence-electron chi connectivity index (χ2n) is 10.4. The average Bonchev–Trinajstić information content (AvgIpc) is 3.30. The standard InChI is InChI=1S/C28H44N10O5S/c1-38-18(16-34-28(38)44)15-21(36-23(39)19(30)10-7-13-33-27(31)32)25(41)35-20(11-5-6-12-29)24(40)37-22(26(42)43)14-17-8-3-2-4-9-17/h2-4,8-9,16,19-22H,5-7,10-15,29-30H2,1H3,(H,34,44)(H,35,41)(H,36,39)(H,37,40)(H,42,43)(H4,31,32,33). The molecule has 0 aliphatic carbocycles.